The molecule has 2 unspecified atom stereocenters. The maximum Gasteiger partial charge on any atom is 0.267 e. The molecule has 0 radical (unpaired) electrons. The second-order valence-corrected chi connectivity index (χ2v) is 9.34. The van der Waals surface area contributed by atoms with Crippen molar-refractivity contribution in [2.24, 2.45) is 0 Å². The number of aryl methyl sites for hydroxylation is 3. The minimum absolute atomic E-state index is 0.0213. The van der Waals surface area contributed by atoms with Gasteiger partial charge >= 0.3 is 0 Å². The topological polar surface area (TPSA) is 69.0 Å². The summed E-state index contributed by atoms with van der Waals surface area (Å²) in [4.78, 5) is 18.8. The standard InChI is InChI=1S/C18H22N4O2S2/c23-17-7-11-10-25-6-5-12(11)21-22(17)15-9-24-8-14(15)20-18-19-13-3-1-2-4-16(13)26-18/h7,14-15H,1-6,8-10H2,(H,19,20). The van der Waals surface area contributed by atoms with Gasteiger partial charge in [-0.2, -0.15) is 16.9 Å². The summed E-state index contributed by atoms with van der Waals surface area (Å²) in [7, 11) is 0. The predicted molar refractivity (Wildman–Crippen MR) is 104 cm³/mol. The Balaban J connectivity index is 1.40. The van der Waals surface area contributed by atoms with Crippen molar-refractivity contribution in [3.63, 3.8) is 0 Å². The van der Waals surface area contributed by atoms with Crippen LogP contribution in [0.15, 0.2) is 10.9 Å². The number of fused-ring (bicyclic) bond motifs is 2. The number of thioether (sulfide) groups is 1. The van der Waals surface area contributed by atoms with Crippen LogP contribution in [0.1, 0.15) is 40.7 Å². The zero-order valence-electron chi connectivity index (χ0n) is 14.6. The highest BCUT2D eigenvalue weighted by Gasteiger charge is 2.33. The first-order valence-electron chi connectivity index (χ1n) is 9.30. The number of anilines is 1. The quantitative estimate of drug-likeness (QED) is 0.868. The Morgan fingerprint density at radius 2 is 2.12 bits per heavy atom. The maximum atomic E-state index is 12.6. The van der Waals surface area contributed by atoms with E-state index in [4.69, 9.17) is 14.8 Å². The lowest BCUT2D eigenvalue weighted by Gasteiger charge is -2.22. The van der Waals surface area contributed by atoms with Crippen molar-refractivity contribution >= 4 is 28.2 Å². The summed E-state index contributed by atoms with van der Waals surface area (Å²) >= 11 is 3.63. The van der Waals surface area contributed by atoms with Crippen molar-refractivity contribution in [3.05, 3.63) is 38.2 Å². The van der Waals surface area contributed by atoms with Crippen LogP contribution in [0, 0.1) is 0 Å². The molecule has 26 heavy (non-hydrogen) atoms. The van der Waals surface area contributed by atoms with E-state index >= 15 is 0 Å². The van der Waals surface area contributed by atoms with Crippen LogP contribution >= 0.6 is 23.1 Å². The van der Waals surface area contributed by atoms with Gasteiger partial charge in [0, 0.05) is 23.1 Å². The van der Waals surface area contributed by atoms with E-state index in [1.807, 2.05) is 11.8 Å². The summed E-state index contributed by atoms with van der Waals surface area (Å²) in [5.41, 5.74) is 3.39. The lowest BCUT2D eigenvalue weighted by atomic mass is 10.0. The Labute approximate surface area is 160 Å². The third-order valence-electron chi connectivity index (χ3n) is 5.38. The Kier molecular flexibility index (Phi) is 4.50. The number of thiazole rings is 1. The molecule has 1 saturated heterocycles. The van der Waals surface area contributed by atoms with E-state index in [9.17, 15) is 4.79 Å². The fraction of sp³-hybridized carbons (Fsp3) is 0.611. The SMILES string of the molecule is O=c1cc2c(nn1C1COCC1Nc1nc3c(s1)CCCC3)CCSC2. The van der Waals surface area contributed by atoms with Gasteiger partial charge in [0.2, 0.25) is 0 Å². The molecular formula is C18H22N4O2S2. The van der Waals surface area contributed by atoms with Gasteiger partial charge in [0.15, 0.2) is 5.13 Å². The smallest absolute Gasteiger partial charge is 0.267 e. The molecule has 1 fully saturated rings. The zero-order chi connectivity index (χ0) is 17.5. The van der Waals surface area contributed by atoms with Gasteiger partial charge in [-0.25, -0.2) is 9.67 Å². The lowest BCUT2D eigenvalue weighted by Crippen LogP contribution is -2.38. The van der Waals surface area contributed by atoms with Gasteiger partial charge in [0.1, 0.15) is 6.04 Å². The molecule has 0 aromatic carbocycles. The first kappa shape index (κ1) is 16.8. The van der Waals surface area contributed by atoms with Gasteiger partial charge in [0.25, 0.3) is 5.56 Å². The number of hydrogen-bond donors (Lipinski definition) is 1. The van der Waals surface area contributed by atoms with Crippen LogP contribution in [0.25, 0.3) is 0 Å². The Hall–Kier alpha value is -1.38. The molecule has 1 aliphatic carbocycles. The summed E-state index contributed by atoms with van der Waals surface area (Å²) in [6.07, 6.45) is 5.66. The van der Waals surface area contributed by atoms with Gasteiger partial charge in [-0.1, -0.05) is 0 Å². The molecular weight excluding hydrogens is 368 g/mol. The number of hydrogen-bond acceptors (Lipinski definition) is 7. The molecule has 2 aliphatic heterocycles. The number of rotatable bonds is 3. The molecule has 4 heterocycles. The summed E-state index contributed by atoms with van der Waals surface area (Å²) < 4.78 is 7.35. The van der Waals surface area contributed by atoms with E-state index in [2.05, 4.69) is 5.32 Å². The molecule has 8 heteroatoms. The van der Waals surface area contributed by atoms with E-state index in [1.165, 1.54) is 23.4 Å². The van der Waals surface area contributed by atoms with Crippen molar-refractivity contribution < 1.29 is 4.74 Å². The van der Waals surface area contributed by atoms with Gasteiger partial charge in [-0.3, -0.25) is 4.79 Å². The monoisotopic (exact) mass is 390 g/mol. The van der Waals surface area contributed by atoms with Crippen LogP contribution in [0.5, 0.6) is 0 Å². The third-order valence-corrected chi connectivity index (χ3v) is 7.48. The van der Waals surface area contributed by atoms with Gasteiger partial charge < -0.3 is 10.1 Å². The molecule has 0 amide bonds. The Bertz CT molecular complexity index is 855. The fourth-order valence-electron chi connectivity index (χ4n) is 3.96. The molecule has 2 atom stereocenters. The summed E-state index contributed by atoms with van der Waals surface area (Å²) in [5.74, 6) is 1.97. The normalized spacial score (nSPS) is 24.9. The Morgan fingerprint density at radius 1 is 1.19 bits per heavy atom. The third kappa shape index (κ3) is 3.08. The van der Waals surface area contributed by atoms with E-state index in [1.54, 1.807) is 22.1 Å². The molecule has 0 saturated carbocycles. The van der Waals surface area contributed by atoms with Crippen molar-refractivity contribution in [2.75, 3.05) is 24.3 Å². The minimum atomic E-state index is -0.0803. The summed E-state index contributed by atoms with van der Waals surface area (Å²) in [6, 6.07) is 1.72. The highest BCUT2D eigenvalue weighted by Crippen LogP contribution is 2.32. The molecule has 138 valence electrons. The van der Waals surface area contributed by atoms with Gasteiger partial charge in [0.05, 0.1) is 30.6 Å². The summed E-state index contributed by atoms with van der Waals surface area (Å²) in [5, 5.41) is 9.20. The highest BCUT2D eigenvalue weighted by molar-refractivity contribution is 7.98. The van der Waals surface area contributed by atoms with Crippen molar-refractivity contribution in [1.29, 1.82) is 0 Å². The largest absolute Gasteiger partial charge is 0.377 e. The zero-order valence-corrected chi connectivity index (χ0v) is 16.2. The highest BCUT2D eigenvalue weighted by atomic mass is 32.2. The molecule has 6 nitrogen and oxygen atoms in total. The number of aromatic nitrogens is 3. The lowest BCUT2D eigenvalue weighted by molar-refractivity contribution is 0.182. The first-order valence-corrected chi connectivity index (χ1v) is 11.3. The number of ether oxygens (including phenoxy) is 1. The predicted octanol–water partition coefficient (Wildman–Crippen LogP) is 2.42. The first-order chi connectivity index (χ1) is 12.8. The molecule has 2 aromatic heterocycles. The average Bonchev–Trinajstić information content (AvgIpc) is 3.27. The average molecular weight is 391 g/mol. The Morgan fingerprint density at radius 3 is 3.04 bits per heavy atom. The second-order valence-electron chi connectivity index (χ2n) is 7.15. The molecule has 1 N–H and O–H groups in total. The van der Waals surface area contributed by atoms with E-state index < -0.39 is 0 Å². The van der Waals surface area contributed by atoms with Crippen LogP contribution in [0.4, 0.5) is 5.13 Å². The van der Waals surface area contributed by atoms with Crippen molar-refractivity contribution in [2.45, 2.75) is 49.9 Å². The van der Waals surface area contributed by atoms with Gasteiger partial charge in [-0.15, -0.1) is 11.3 Å². The van der Waals surface area contributed by atoms with Crippen LogP contribution < -0.4 is 10.9 Å². The minimum Gasteiger partial charge on any atom is -0.377 e. The summed E-state index contributed by atoms with van der Waals surface area (Å²) in [6.45, 7) is 1.10. The number of nitrogens with zero attached hydrogens (tertiary/aromatic N) is 3. The molecule has 2 aromatic rings. The number of nitrogens with one attached hydrogen (secondary N) is 1. The van der Waals surface area contributed by atoms with E-state index in [0.29, 0.717) is 13.2 Å². The fourth-order valence-corrected chi connectivity index (χ4v) is 6.02. The maximum absolute atomic E-state index is 12.6. The van der Waals surface area contributed by atoms with Crippen LogP contribution in [0.3, 0.4) is 0 Å². The van der Waals surface area contributed by atoms with Crippen LogP contribution in [0.2, 0.25) is 0 Å². The molecule has 3 aliphatic rings. The molecule has 0 spiro atoms. The molecule has 0 bridgehead atoms. The van der Waals surface area contributed by atoms with Crippen molar-refractivity contribution in [3.8, 4) is 0 Å². The van der Waals surface area contributed by atoms with Gasteiger partial charge in [-0.05, 0) is 37.0 Å². The van der Waals surface area contributed by atoms with Crippen LogP contribution in [-0.4, -0.2) is 39.8 Å². The second kappa shape index (κ2) is 6.98. The van der Waals surface area contributed by atoms with Crippen molar-refractivity contribution in [1.82, 2.24) is 14.8 Å². The van der Waals surface area contributed by atoms with E-state index in [-0.39, 0.29) is 17.6 Å². The van der Waals surface area contributed by atoms with E-state index in [0.717, 1.165) is 47.2 Å². The molecule has 5 rings (SSSR count). The van der Waals surface area contributed by atoms with Crippen LogP contribution in [-0.2, 0) is 29.8 Å².